The highest BCUT2D eigenvalue weighted by Crippen LogP contribution is 2.37. The largest absolute Gasteiger partial charge is 0.456 e. The van der Waals surface area contributed by atoms with E-state index in [0.29, 0.717) is 11.8 Å². The molecule has 2 aromatic carbocycles. The quantitative estimate of drug-likeness (QED) is 0.526. The number of benzene rings is 2. The molecule has 0 N–H and O–H groups in total. The molecule has 0 fully saturated rings. The van der Waals surface area contributed by atoms with Gasteiger partial charge in [-0.2, -0.15) is 0 Å². The number of fused-ring (bicyclic) bond motifs is 3. The van der Waals surface area contributed by atoms with Crippen molar-refractivity contribution in [2.24, 2.45) is 11.8 Å². The van der Waals surface area contributed by atoms with E-state index >= 15 is 0 Å². The molecule has 0 saturated carbocycles. The van der Waals surface area contributed by atoms with Crippen LogP contribution in [0.3, 0.4) is 0 Å². The summed E-state index contributed by atoms with van der Waals surface area (Å²) in [5.74, 6) is 1.00. The highest BCUT2D eigenvalue weighted by molar-refractivity contribution is 6.21. The summed E-state index contributed by atoms with van der Waals surface area (Å²) in [6.07, 6.45) is 0. The maximum atomic E-state index is 6.64. The highest BCUT2D eigenvalue weighted by Gasteiger charge is 2.20. The summed E-state index contributed by atoms with van der Waals surface area (Å²) in [5.41, 5.74) is 3.03. The zero-order valence-corrected chi connectivity index (χ0v) is 12.8. The summed E-state index contributed by atoms with van der Waals surface area (Å²) in [6, 6.07) is 14.4. The van der Waals surface area contributed by atoms with Crippen LogP contribution in [0.1, 0.15) is 31.7 Å². The van der Waals surface area contributed by atoms with Crippen LogP contribution in [0.15, 0.2) is 46.9 Å². The van der Waals surface area contributed by atoms with E-state index in [1.165, 1.54) is 5.56 Å². The Morgan fingerprint density at radius 3 is 2.35 bits per heavy atom. The van der Waals surface area contributed by atoms with E-state index in [2.05, 4.69) is 39.0 Å². The van der Waals surface area contributed by atoms with E-state index in [1.54, 1.807) is 0 Å². The first-order valence-electron chi connectivity index (χ1n) is 7.13. The molecule has 2 atom stereocenters. The van der Waals surface area contributed by atoms with Gasteiger partial charge in [0.15, 0.2) is 0 Å². The zero-order chi connectivity index (χ0) is 14.3. The lowest BCUT2D eigenvalue weighted by Gasteiger charge is -2.21. The molecular formula is C18H19ClO. The molecule has 2 unspecified atom stereocenters. The van der Waals surface area contributed by atoms with E-state index in [-0.39, 0.29) is 5.38 Å². The molecule has 104 valence electrons. The Hall–Kier alpha value is -1.47. The average Bonchev–Trinajstić information content (AvgIpc) is 2.83. The molecule has 0 bridgehead atoms. The summed E-state index contributed by atoms with van der Waals surface area (Å²) >= 11 is 6.64. The van der Waals surface area contributed by atoms with Gasteiger partial charge in [0.25, 0.3) is 0 Å². The first-order chi connectivity index (χ1) is 9.58. The van der Waals surface area contributed by atoms with Gasteiger partial charge in [-0.15, -0.1) is 11.6 Å². The number of para-hydroxylation sites is 1. The van der Waals surface area contributed by atoms with E-state index < -0.39 is 0 Å². The molecule has 3 rings (SSSR count). The van der Waals surface area contributed by atoms with Crippen molar-refractivity contribution in [1.82, 2.24) is 0 Å². The topological polar surface area (TPSA) is 13.1 Å². The Bertz CT molecular complexity index is 741. The highest BCUT2D eigenvalue weighted by atomic mass is 35.5. The molecule has 0 aliphatic rings. The summed E-state index contributed by atoms with van der Waals surface area (Å²) in [4.78, 5) is 0. The molecule has 0 aliphatic carbocycles. The van der Waals surface area contributed by atoms with Crippen molar-refractivity contribution in [2.75, 3.05) is 0 Å². The van der Waals surface area contributed by atoms with Gasteiger partial charge < -0.3 is 4.42 Å². The molecule has 0 amide bonds. The fourth-order valence-corrected chi connectivity index (χ4v) is 2.98. The molecule has 0 saturated heterocycles. The average molecular weight is 287 g/mol. The molecule has 1 heterocycles. The number of halogens is 1. The van der Waals surface area contributed by atoms with Crippen molar-refractivity contribution < 1.29 is 4.42 Å². The van der Waals surface area contributed by atoms with Gasteiger partial charge in [-0.25, -0.2) is 0 Å². The molecule has 20 heavy (non-hydrogen) atoms. The summed E-state index contributed by atoms with van der Waals surface area (Å²) in [5, 5.41) is 2.35. The number of rotatable bonds is 3. The number of hydrogen-bond acceptors (Lipinski definition) is 1. The summed E-state index contributed by atoms with van der Waals surface area (Å²) in [7, 11) is 0. The van der Waals surface area contributed by atoms with Gasteiger partial charge in [0.05, 0.1) is 5.38 Å². The van der Waals surface area contributed by atoms with Crippen LogP contribution in [0.4, 0.5) is 0 Å². The van der Waals surface area contributed by atoms with Crippen molar-refractivity contribution in [1.29, 1.82) is 0 Å². The van der Waals surface area contributed by atoms with Crippen LogP contribution >= 0.6 is 11.6 Å². The summed E-state index contributed by atoms with van der Waals surface area (Å²) in [6.45, 7) is 6.64. The second kappa shape index (κ2) is 5.14. The molecule has 1 nitrogen and oxygen atoms in total. The van der Waals surface area contributed by atoms with Crippen molar-refractivity contribution in [2.45, 2.75) is 26.1 Å². The fourth-order valence-electron chi connectivity index (χ4n) is 2.56. The van der Waals surface area contributed by atoms with Gasteiger partial charge in [0, 0.05) is 10.8 Å². The van der Waals surface area contributed by atoms with Crippen LogP contribution in [0.5, 0.6) is 0 Å². The molecule has 0 aliphatic heterocycles. The predicted octanol–water partition coefficient (Wildman–Crippen LogP) is 6.16. The normalized spacial score (nSPS) is 15.1. The molecule has 1 aromatic heterocycles. The van der Waals surface area contributed by atoms with E-state index in [4.69, 9.17) is 16.0 Å². The van der Waals surface area contributed by atoms with Gasteiger partial charge >= 0.3 is 0 Å². The maximum absolute atomic E-state index is 6.64. The minimum atomic E-state index is 0.0352. The van der Waals surface area contributed by atoms with Crippen molar-refractivity contribution >= 4 is 33.5 Å². The fraction of sp³-hybridized carbons (Fsp3) is 0.333. The van der Waals surface area contributed by atoms with Crippen LogP contribution in [0.25, 0.3) is 21.9 Å². The maximum Gasteiger partial charge on any atom is 0.135 e. The predicted molar refractivity (Wildman–Crippen MR) is 86.3 cm³/mol. The number of furan rings is 1. The third-order valence-corrected chi connectivity index (χ3v) is 4.88. The lowest BCUT2D eigenvalue weighted by Crippen LogP contribution is -2.10. The van der Waals surface area contributed by atoms with Gasteiger partial charge in [0.2, 0.25) is 0 Å². The third-order valence-electron chi connectivity index (χ3n) is 4.23. The Balaban J connectivity index is 2.12. The van der Waals surface area contributed by atoms with Gasteiger partial charge in [0.1, 0.15) is 11.2 Å². The van der Waals surface area contributed by atoms with Crippen LogP contribution < -0.4 is 0 Å². The summed E-state index contributed by atoms with van der Waals surface area (Å²) < 4.78 is 5.85. The molecule has 0 spiro atoms. The molecule has 2 heteroatoms. The van der Waals surface area contributed by atoms with Gasteiger partial charge in [-0.1, -0.05) is 45.0 Å². The van der Waals surface area contributed by atoms with Gasteiger partial charge in [-0.3, -0.25) is 0 Å². The Morgan fingerprint density at radius 1 is 0.900 bits per heavy atom. The molecule has 3 aromatic rings. The molecular weight excluding hydrogens is 268 g/mol. The van der Waals surface area contributed by atoms with E-state index in [9.17, 15) is 0 Å². The zero-order valence-electron chi connectivity index (χ0n) is 12.1. The first kappa shape index (κ1) is 13.5. The number of alkyl halides is 1. The second-order valence-electron chi connectivity index (χ2n) is 5.86. The minimum absolute atomic E-state index is 0.0352. The Kier molecular flexibility index (Phi) is 3.47. The monoisotopic (exact) mass is 286 g/mol. The van der Waals surface area contributed by atoms with Crippen molar-refractivity contribution in [3.63, 3.8) is 0 Å². The lowest BCUT2D eigenvalue weighted by atomic mass is 9.90. The first-order valence-corrected chi connectivity index (χ1v) is 7.57. The van der Waals surface area contributed by atoms with E-state index in [1.807, 2.05) is 24.3 Å². The van der Waals surface area contributed by atoms with Crippen LogP contribution in [0, 0.1) is 11.8 Å². The van der Waals surface area contributed by atoms with E-state index in [0.717, 1.165) is 21.9 Å². The Morgan fingerprint density at radius 2 is 1.60 bits per heavy atom. The lowest BCUT2D eigenvalue weighted by molar-refractivity contribution is 0.406. The van der Waals surface area contributed by atoms with Crippen molar-refractivity contribution in [3.8, 4) is 0 Å². The third kappa shape index (κ3) is 2.20. The number of hydrogen-bond donors (Lipinski definition) is 0. The minimum Gasteiger partial charge on any atom is -0.456 e. The van der Waals surface area contributed by atoms with Crippen LogP contribution in [-0.2, 0) is 0 Å². The molecule has 0 radical (unpaired) electrons. The van der Waals surface area contributed by atoms with Crippen LogP contribution in [-0.4, -0.2) is 0 Å². The van der Waals surface area contributed by atoms with Gasteiger partial charge in [-0.05, 0) is 35.6 Å². The standard InChI is InChI=1S/C18H19ClO/c1-11(2)12(3)18(19)13-8-9-17-15(10-13)14-6-4-5-7-16(14)20-17/h4-12,18H,1-3H3. The SMILES string of the molecule is CC(C)C(C)C(Cl)c1ccc2oc3ccccc3c2c1. The van der Waals surface area contributed by atoms with Crippen LogP contribution in [0.2, 0.25) is 0 Å². The Labute approximate surface area is 124 Å². The smallest absolute Gasteiger partial charge is 0.135 e. The second-order valence-corrected chi connectivity index (χ2v) is 6.33. The van der Waals surface area contributed by atoms with Crippen molar-refractivity contribution in [3.05, 3.63) is 48.0 Å².